The van der Waals surface area contributed by atoms with Crippen molar-refractivity contribution in [1.29, 1.82) is 0 Å². The predicted octanol–water partition coefficient (Wildman–Crippen LogP) is -0.142. The molecule has 0 saturated carbocycles. The topological polar surface area (TPSA) is 122 Å². The summed E-state index contributed by atoms with van der Waals surface area (Å²) in [6, 6.07) is 8.45. The minimum absolute atomic E-state index is 0.0594. The van der Waals surface area contributed by atoms with Crippen molar-refractivity contribution in [2.45, 2.75) is 17.8 Å². The van der Waals surface area contributed by atoms with Crippen molar-refractivity contribution >= 4 is 29.5 Å². The standard InChI is InChI=1S/C16H17N3O5S/c17-24-7-10-8-25-15-12(14(21)19(15)13(10)16(22)23)18-11(20)6-9-4-2-1-3-5-9/h1-5,12,15H,6-8,17H2,(H,18,20)(H,22,23)/t12-,15-/m1/s1. The molecule has 0 aliphatic carbocycles. The Balaban J connectivity index is 1.69. The van der Waals surface area contributed by atoms with Crippen LogP contribution in [0, 0.1) is 0 Å². The second-order valence-electron chi connectivity index (χ2n) is 5.69. The normalized spacial score (nSPS) is 22.3. The molecule has 2 aliphatic heterocycles. The fraction of sp³-hybridized carbons (Fsp3) is 0.312. The quantitative estimate of drug-likeness (QED) is 0.475. The lowest BCUT2D eigenvalue weighted by Gasteiger charge is -2.49. The second-order valence-corrected chi connectivity index (χ2v) is 6.79. The molecule has 9 heteroatoms. The number of hydrogen-bond acceptors (Lipinski definition) is 6. The van der Waals surface area contributed by atoms with Crippen LogP contribution in [0.2, 0.25) is 0 Å². The first kappa shape index (κ1) is 17.5. The maximum atomic E-state index is 12.4. The zero-order valence-electron chi connectivity index (χ0n) is 13.2. The summed E-state index contributed by atoms with van der Waals surface area (Å²) in [6.45, 7) is -0.0594. The zero-order chi connectivity index (χ0) is 18.0. The lowest BCUT2D eigenvalue weighted by molar-refractivity contribution is -0.150. The van der Waals surface area contributed by atoms with E-state index in [1.54, 1.807) is 0 Å². The van der Waals surface area contributed by atoms with E-state index >= 15 is 0 Å². The first-order chi connectivity index (χ1) is 12.0. The summed E-state index contributed by atoms with van der Waals surface area (Å²) in [5.41, 5.74) is 1.18. The summed E-state index contributed by atoms with van der Waals surface area (Å²) in [4.78, 5) is 41.8. The van der Waals surface area contributed by atoms with Gasteiger partial charge in [-0.25, -0.2) is 10.7 Å². The minimum atomic E-state index is -1.21. The number of amides is 2. The Hall–Kier alpha value is -2.36. The number of fused-ring (bicyclic) bond motifs is 1. The van der Waals surface area contributed by atoms with Gasteiger partial charge in [0, 0.05) is 5.75 Å². The second kappa shape index (κ2) is 7.26. The van der Waals surface area contributed by atoms with Crippen LogP contribution >= 0.6 is 11.8 Å². The van der Waals surface area contributed by atoms with E-state index in [2.05, 4.69) is 10.2 Å². The molecule has 1 saturated heterocycles. The molecule has 0 aromatic heterocycles. The fourth-order valence-corrected chi connectivity index (χ4v) is 4.23. The molecule has 1 aromatic carbocycles. The summed E-state index contributed by atoms with van der Waals surface area (Å²) in [6.07, 6.45) is 0.163. The van der Waals surface area contributed by atoms with Gasteiger partial charge in [-0.05, 0) is 11.1 Å². The van der Waals surface area contributed by atoms with E-state index in [0.717, 1.165) is 5.56 Å². The van der Waals surface area contributed by atoms with E-state index in [4.69, 9.17) is 5.90 Å². The van der Waals surface area contributed by atoms with E-state index < -0.39 is 23.3 Å². The summed E-state index contributed by atoms with van der Waals surface area (Å²) in [7, 11) is 0. The van der Waals surface area contributed by atoms with Crippen LogP contribution in [-0.2, 0) is 25.6 Å². The van der Waals surface area contributed by atoms with Gasteiger partial charge in [0.25, 0.3) is 5.91 Å². The molecule has 4 N–H and O–H groups in total. The number of hydrogen-bond donors (Lipinski definition) is 3. The number of thioether (sulfide) groups is 1. The van der Waals surface area contributed by atoms with Crippen LogP contribution in [0.1, 0.15) is 5.56 Å². The van der Waals surface area contributed by atoms with Gasteiger partial charge in [-0.2, -0.15) is 0 Å². The SMILES string of the molecule is NOCC1=C(C(=O)O)N2C(=O)[C@@H](NC(=O)Cc3ccccc3)[C@H]2SC1. The summed E-state index contributed by atoms with van der Waals surface area (Å²) >= 11 is 1.38. The third-order valence-corrected chi connectivity index (χ3v) is 5.37. The van der Waals surface area contributed by atoms with Crippen molar-refractivity contribution in [1.82, 2.24) is 10.2 Å². The molecule has 2 heterocycles. The van der Waals surface area contributed by atoms with Gasteiger partial charge in [0.05, 0.1) is 13.0 Å². The Labute approximate surface area is 147 Å². The van der Waals surface area contributed by atoms with Gasteiger partial charge in [0.2, 0.25) is 5.91 Å². The predicted molar refractivity (Wildman–Crippen MR) is 90.0 cm³/mol. The van der Waals surface area contributed by atoms with Crippen LogP contribution in [-0.4, -0.2) is 51.6 Å². The Morgan fingerprint density at radius 1 is 1.36 bits per heavy atom. The molecule has 1 aromatic rings. The molecule has 8 nitrogen and oxygen atoms in total. The molecule has 0 spiro atoms. The monoisotopic (exact) mass is 363 g/mol. The highest BCUT2D eigenvalue weighted by Gasteiger charge is 2.54. The Kier molecular flexibility index (Phi) is 5.07. The van der Waals surface area contributed by atoms with Crippen molar-refractivity contribution in [3.63, 3.8) is 0 Å². The minimum Gasteiger partial charge on any atom is -0.477 e. The van der Waals surface area contributed by atoms with Crippen molar-refractivity contribution in [2.24, 2.45) is 5.90 Å². The van der Waals surface area contributed by atoms with Gasteiger partial charge < -0.3 is 15.3 Å². The van der Waals surface area contributed by atoms with E-state index in [1.165, 1.54) is 16.7 Å². The molecule has 2 atom stereocenters. The average molecular weight is 363 g/mol. The van der Waals surface area contributed by atoms with E-state index in [1.807, 2.05) is 30.3 Å². The summed E-state index contributed by atoms with van der Waals surface area (Å²) in [5, 5.41) is 11.7. The maximum Gasteiger partial charge on any atom is 0.352 e. The van der Waals surface area contributed by atoms with Gasteiger partial charge in [0.15, 0.2) is 0 Å². The van der Waals surface area contributed by atoms with Crippen LogP contribution < -0.4 is 11.2 Å². The smallest absolute Gasteiger partial charge is 0.352 e. The Bertz CT molecular complexity index is 737. The van der Waals surface area contributed by atoms with Gasteiger partial charge in [-0.3, -0.25) is 14.5 Å². The molecule has 1 fully saturated rings. The molecule has 3 rings (SSSR count). The molecule has 25 heavy (non-hydrogen) atoms. The number of aliphatic carboxylic acids is 1. The lowest BCUT2D eigenvalue weighted by atomic mass is 10.0. The number of nitrogens with zero attached hydrogens (tertiary/aromatic N) is 1. The van der Waals surface area contributed by atoms with Crippen molar-refractivity contribution < 1.29 is 24.3 Å². The molecule has 132 valence electrons. The van der Waals surface area contributed by atoms with Crippen LogP contribution in [0.25, 0.3) is 0 Å². The molecular formula is C16H17N3O5S. The highest BCUT2D eigenvalue weighted by molar-refractivity contribution is 8.00. The summed E-state index contributed by atoms with van der Waals surface area (Å²) < 4.78 is 0. The van der Waals surface area contributed by atoms with Gasteiger partial charge in [-0.1, -0.05) is 30.3 Å². The Morgan fingerprint density at radius 3 is 2.72 bits per heavy atom. The average Bonchev–Trinajstić information content (AvgIpc) is 2.60. The van der Waals surface area contributed by atoms with Gasteiger partial charge in [-0.15, -0.1) is 11.8 Å². The largest absolute Gasteiger partial charge is 0.477 e. The number of carboxylic acid groups (broad SMARTS) is 1. The van der Waals surface area contributed by atoms with Crippen molar-refractivity contribution in [3.8, 4) is 0 Å². The highest BCUT2D eigenvalue weighted by atomic mass is 32.2. The zero-order valence-corrected chi connectivity index (χ0v) is 14.0. The van der Waals surface area contributed by atoms with E-state index in [-0.39, 0.29) is 24.6 Å². The number of rotatable bonds is 6. The number of carbonyl (C=O) groups is 3. The van der Waals surface area contributed by atoms with E-state index in [9.17, 15) is 19.5 Å². The number of nitrogens with two attached hydrogens (primary N) is 1. The van der Waals surface area contributed by atoms with Crippen LogP contribution in [0.3, 0.4) is 0 Å². The third kappa shape index (κ3) is 3.39. The third-order valence-electron chi connectivity index (χ3n) is 4.03. The van der Waals surface area contributed by atoms with Crippen LogP contribution in [0.15, 0.2) is 41.6 Å². The lowest BCUT2D eigenvalue weighted by Crippen LogP contribution is -2.70. The van der Waals surface area contributed by atoms with Gasteiger partial charge >= 0.3 is 5.97 Å². The number of β-lactam (4-membered cyclic amide) rings is 1. The Morgan fingerprint density at radius 2 is 2.08 bits per heavy atom. The van der Waals surface area contributed by atoms with Gasteiger partial charge in [0.1, 0.15) is 17.1 Å². The molecule has 2 amide bonds. The first-order valence-electron chi connectivity index (χ1n) is 7.58. The number of carboxylic acids is 1. The number of benzene rings is 1. The number of carbonyl (C=O) groups excluding carboxylic acids is 2. The maximum absolute atomic E-state index is 12.4. The van der Waals surface area contributed by atoms with Crippen LogP contribution in [0.4, 0.5) is 0 Å². The molecule has 0 unspecified atom stereocenters. The molecule has 0 bridgehead atoms. The first-order valence-corrected chi connectivity index (χ1v) is 8.62. The van der Waals surface area contributed by atoms with Crippen molar-refractivity contribution in [2.75, 3.05) is 12.4 Å². The van der Waals surface area contributed by atoms with Crippen LogP contribution in [0.5, 0.6) is 0 Å². The molecule has 2 aliphatic rings. The van der Waals surface area contributed by atoms with Crippen molar-refractivity contribution in [3.05, 3.63) is 47.2 Å². The highest BCUT2D eigenvalue weighted by Crippen LogP contribution is 2.40. The fourth-order valence-electron chi connectivity index (χ4n) is 2.90. The molecular weight excluding hydrogens is 346 g/mol. The summed E-state index contributed by atoms with van der Waals surface area (Å²) in [5.74, 6) is 3.47. The van der Waals surface area contributed by atoms with E-state index in [0.29, 0.717) is 11.3 Å². The number of nitrogens with one attached hydrogen (secondary N) is 1. The molecule has 0 radical (unpaired) electrons.